The summed E-state index contributed by atoms with van der Waals surface area (Å²) in [7, 11) is 1.15. The standard InChI is InChI=1S/C9H15F3N2O4/c1-5(4-15)14(3)7(18)13-8(2,6(16)17)9(10,11)12/h5,15H,4H2,1-3H3,(H,13,18)(H,16,17). The second kappa shape index (κ2) is 5.42. The minimum absolute atomic E-state index is 0.352. The number of carbonyl (C=O) groups is 2. The number of halogens is 3. The van der Waals surface area contributed by atoms with Gasteiger partial charge < -0.3 is 20.4 Å². The third-order valence-corrected chi connectivity index (χ3v) is 2.60. The molecule has 0 aromatic carbocycles. The Bertz CT molecular complexity index is 334. The predicted octanol–water partition coefficient (Wildman–Crippen LogP) is 0.414. The molecule has 0 spiro atoms. The van der Waals surface area contributed by atoms with Crippen LogP contribution in [0, 0.1) is 0 Å². The third-order valence-electron chi connectivity index (χ3n) is 2.60. The van der Waals surface area contributed by atoms with E-state index < -0.39 is 36.4 Å². The fourth-order valence-electron chi connectivity index (χ4n) is 0.870. The van der Waals surface area contributed by atoms with E-state index in [-0.39, 0.29) is 0 Å². The number of carboxylic acids is 1. The number of nitrogens with zero attached hydrogens (tertiary/aromatic N) is 1. The molecule has 0 radical (unpaired) electrons. The van der Waals surface area contributed by atoms with Crippen molar-refractivity contribution in [3.8, 4) is 0 Å². The van der Waals surface area contributed by atoms with Crippen LogP contribution < -0.4 is 5.32 Å². The second-order valence-corrected chi connectivity index (χ2v) is 4.00. The molecule has 9 heteroatoms. The molecule has 2 atom stereocenters. The van der Waals surface area contributed by atoms with Crippen molar-refractivity contribution in [3.63, 3.8) is 0 Å². The van der Waals surface area contributed by atoms with E-state index in [1.54, 1.807) is 0 Å². The molecule has 0 aromatic rings. The number of hydrogen-bond acceptors (Lipinski definition) is 3. The van der Waals surface area contributed by atoms with Gasteiger partial charge in [0.25, 0.3) is 0 Å². The van der Waals surface area contributed by atoms with Gasteiger partial charge in [0, 0.05) is 7.05 Å². The average Bonchev–Trinajstić information content (AvgIpc) is 2.24. The second-order valence-electron chi connectivity index (χ2n) is 4.00. The summed E-state index contributed by atoms with van der Waals surface area (Å²) in [6.07, 6.45) is -5.14. The van der Waals surface area contributed by atoms with Gasteiger partial charge in [0.15, 0.2) is 0 Å². The summed E-state index contributed by atoms with van der Waals surface area (Å²) in [6, 6.07) is -1.98. The fraction of sp³-hybridized carbons (Fsp3) is 0.778. The highest BCUT2D eigenvalue weighted by atomic mass is 19.4. The molecule has 18 heavy (non-hydrogen) atoms. The van der Waals surface area contributed by atoms with E-state index >= 15 is 0 Å². The summed E-state index contributed by atoms with van der Waals surface area (Å²) in [5.41, 5.74) is -3.38. The summed E-state index contributed by atoms with van der Waals surface area (Å²) in [6.45, 7) is 1.29. The maximum absolute atomic E-state index is 12.6. The Balaban J connectivity index is 5.04. The van der Waals surface area contributed by atoms with Gasteiger partial charge in [-0.15, -0.1) is 0 Å². The first-order valence-corrected chi connectivity index (χ1v) is 4.93. The van der Waals surface area contributed by atoms with E-state index in [0.717, 1.165) is 11.9 Å². The monoisotopic (exact) mass is 272 g/mol. The van der Waals surface area contributed by atoms with Crippen molar-refractivity contribution < 1.29 is 33.0 Å². The summed E-state index contributed by atoms with van der Waals surface area (Å²) >= 11 is 0. The first kappa shape index (κ1) is 16.5. The largest absolute Gasteiger partial charge is 0.479 e. The van der Waals surface area contributed by atoms with Crippen molar-refractivity contribution in [2.75, 3.05) is 13.7 Å². The number of carbonyl (C=O) groups excluding carboxylic acids is 1. The zero-order valence-electron chi connectivity index (χ0n) is 10.1. The highest BCUT2D eigenvalue weighted by molar-refractivity contribution is 5.86. The number of urea groups is 1. The van der Waals surface area contributed by atoms with E-state index in [4.69, 9.17) is 10.2 Å². The van der Waals surface area contributed by atoms with E-state index in [1.807, 2.05) is 0 Å². The number of aliphatic hydroxyl groups is 1. The molecule has 3 N–H and O–H groups in total. The van der Waals surface area contributed by atoms with Crippen LogP contribution in [0.25, 0.3) is 0 Å². The molecule has 0 heterocycles. The molecule has 0 aliphatic carbocycles. The smallest absolute Gasteiger partial charge is 0.422 e. The number of alkyl halides is 3. The maximum Gasteiger partial charge on any atom is 0.422 e. The number of aliphatic hydroxyl groups excluding tert-OH is 1. The summed E-state index contributed by atoms with van der Waals surface area (Å²) in [5, 5.41) is 18.8. The van der Waals surface area contributed by atoms with Gasteiger partial charge in [0.05, 0.1) is 12.6 Å². The summed E-state index contributed by atoms with van der Waals surface area (Å²) < 4.78 is 37.8. The molecule has 2 amide bonds. The molecule has 2 unspecified atom stereocenters. The van der Waals surface area contributed by atoms with E-state index in [1.165, 1.54) is 12.2 Å². The third kappa shape index (κ3) is 3.25. The highest BCUT2D eigenvalue weighted by Gasteiger charge is 2.58. The molecule has 0 rings (SSSR count). The molecule has 0 bridgehead atoms. The Kier molecular flexibility index (Phi) is 4.97. The zero-order valence-corrected chi connectivity index (χ0v) is 10.1. The molecule has 106 valence electrons. The van der Waals surface area contributed by atoms with Gasteiger partial charge in [-0.1, -0.05) is 0 Å². The van der Waals surface area contributed by atoms with Crippen LogP contribution in [0.1, 0.15) is 13.8 Å². The van der Waals surface area contributed by atoms with Gasteiger partial charge in [-0.2, -0.15) is 13.2 Å². The molecule has 6 nitrogen and oxygen atoms in total. The lowest BCUT2D eigenvalue weighted by atomic mass is 10.0. The molecular formula is C9H15F3N2O4. The lowest BCUT2D eigenvalue weighted by Crippen LogP contribution is -2.64. The maximum atomic E-state index is 12.6. The molecule has 0 aromatic heterocycles. The summed E-state index contributed by atoms with van der Waals surface area (Å²) in [5.74, 6) is -2.21. The Morgan fingerprint density at radius 2 is 1.83 bits per heavy atom. The molecule has 0 fully saturated rings. The lowest BCUT2D eigenvalue weighted by molar-refractivity contribution is -0.203. The van der Waals surface area contributed by atoms with Crippen molar-refractivity contribution in [1.82, 2.24) is 10.2 Å². The van der Waals surface area contributed by atoms with Gasteiger partial charge in [0.2, 0.25) is 5.54 Å². The molecule has 0 aliphatic rings. The molecule has 0 saturated carbocycles. The van der Waals surface area contributed by atoms with Crippen LogP contribution in [0.4, 0.5) is 18.0 Å². The van der Waals surface area contributed by atoms with E-state index in [2.05, 4.69) is 0 Å². The van der Waals surface area contributed by atoms with Gasteiger partial charge in [0.1, 0.15) is 0 Å². The zero-order chi connectivity index (χ0) is 14.7. The minimum atomic E-state index is -5.14. The van der Waals surface area contributed by atoms with Crippen LogP contribution in [0.5, 0.6) is 0 Å². The van der Waals surface area contributed by atoms with Crippen LogP contribution in [0.15, 0.2) is 0 Å². The normalized spacial score (nSPS) is 16.6. The van der Waals surface area contributed by atoms with Crippen LogP contribution in [-0.2, 0) is 4.79 Å². The quantitative estimate of drug-likeness (QED) is 0.691. The molecule has 0 aliphatic heterocycles. The van der Waals surface area contributed by atoms with Crippen molar-refractivity contribution in [2.24, 2.45) is 0 Å². The summed E-state index contributed by atoms with van der Waals surface area (Å²) in [4.78, 5) is 22.9. The first-order valence-electron chi connectivity index (χ1n) is 4.93. The van der Waals surface area contributed by atoms with Crippen molar-refractivity contribution in [2.45, 2.75) is 31.6 Å². The number of carboxylic acid groups (broad SMARTS) is 1. The van der Waals surface area contributed by atoms with Gasteiger partial charge in [-0.05, 0) is 13.8 Å². The number of nitrogens with one attached hydrogen (secondary N) is 1. The molecular weight excluding hydrogens is 257 g/mol. The minimum Gasteiger partial charge on any atom is -0.479 e. The van der Waals surface area contributed by atoms with E-state index in [0.29, 0.717) is 6.92 Å². The van der Waals surface area contributed by atoms with Crippen LogP contribution in [-0.4, -0.2) is 58.5 Å². The number of aliphatic carboxylic acids is 1. The van der Waals surface area contributed by atoms with Crippen molar-refractivity contribution in [1.29, 1.82) is 0 Å². The lowest BCUT2D eigenvalue weighted by Gasteiger charge is -2.32. The SMILES string of the molecule is CC(CO)N(C)C(=O)NC(C)(C(=O)O)C(F)(F)F. The number of amides is 2. The van der Waals surface area contributed by atoms with E-state index in [9.17, 15) is 22.8 Å². The number of likely N-dealkylation sites (N-methyl/N-ethyl adjacent to an activating group) is 1. The predicted molar refractivity (Wildman–Crippen MR) is 54.9 cm³/mol. The Morgan fingerprint density at radius 3 is 2.11 bits per heavy atom. The first-order chi connectivity index (χ1) is 7.97. The number of hydrogen-bond donors (Lipinski definition) is 3. The Hall–Kier alpha value is -1.51. The highest BCUT2D eigenvalue weighted by Crippen LogP contribution is 2.30. The van der Waals surface area contributed by atoms with Gasteiger partial charge >= 0.3 is 18.2 Å². The van der Waals surface area contributed by atoms with Crippen molar-refractivity contribution in [3.05, 3.63) is 0 Å². The van der Waals surface area contributed by atoms with Crippen LogP contribution in [0.2, 0.25) is 0 Å². The van der Waals surface area contributed by atoms with Gasteiger partial charge in [-0.3, -0.25) is 0 Å². The van der Waals surface area contributed by atoms with Gasteiger partial charge in [-0.25, -0.2) is 9.59 Å². The number of rotatable bonds is 4. The topological polar surface area (TPSA) is 89.9 Å². The van der Waals surface area contributed by atoms with Crippen LogP contribution in [0.3, 0.4) is 0 Å². The Labute approximate surface area is 101 Å². The van der Waals surface area contributed by atoms with Crippen molar-refractivity contribution >= 4 is 12.0 Å². The fourth-order valence-corrected chi connectivity index (χ4v) is 0.870. The Morgan fingerprint density at radius 1 is 1.39 bits per heavy atom. The average molecular weight is 272 g/mol. The van der Waals surface area contributed by atoms with Crippen LogP contribution >= 0.6 is 0 Å². The molecule has 0 saturated heterocycles.